The average Bonchev–Trinajstić information content (AvgIpc) is 2.12. The Morgan fingerprint density at radius 3 is 2.21 bits per heavy atom. The van der Waals surface area contributed by atoms with Crippen molar-refractivity contribution in [3.8, 4) is 0 Å². The summed E-state index contributed by atoms with van der Waals surface area (Å²) in [4.78, 5) is 10.4. The summed E-state index contributed by atoms with van der Waals surface area (Å²) in [7, 11) is 0. The predicted molar refractivity (Wildman–Crippen MR) is 45.9 cm³/mol. The molecule has 1 aromatic rings. The van der Waals surface area contributed by atoms with Crippen LogP contribution in [0.4, 0.5) is 8.78 Å². The lowest BCUT2D eigenvalue weighted by Gasteiger charge is -2.07. The third-order valence-electron chi connectivity index (χ3n) is 1.63. The van der Waals surface area contributed by atoms with Crippen molar-refractivity contribution in [1.82, 2.24) is 0 Å². The first-order valence-electron chi connectivity index (χ1n) is 3.56. The van der Waals surface area contributed by atoms with E-state index in [1.54, 1.807) is 0 Å². The fourth-order valence-electron chi connectivity index (χ4n) is 0.897. The minimum atomic E-state index is -1.46. The van der Waals surface area contributed by atoms with Crippen LogP contribution in [0, 0.1) is 11.6 Å². The van der Waals surface area contributed by atoms with Gasteiger partial charge in [-0.25, -0.2) is 8.78 Å². The number of hydrogen-bond donors (Lipinski definition) is 2. The van der Waals surface area contributed by atoms with E-state index in [9.17, 15) is 13.6 Å². The Morgan fingerprint density at radius 1 is 1.43 bits per heavy atom. The van der Waals surface area contributed by atoms with Gasteiger partial charge in [0.05, 0.1) is 0 Å². The molecule has 14 heavy (non-hydrogen) atoms. The number of benzene rings is 1. The van der Waals surface area contributed by atoms with Crippen LogP contribution < -0.4 is 5.73 Å². The van der Waals surface area contributed by atoms with Crippen LogP contribution in [0.5, 0.6) is 0 Å². The molecule has 76 valence electrons. The van der Waals surface area contributed by atoms with E-state index in [0.717, 1.165) is 12.1 Å². The van der Waals surface area contributed by atoms with Crippen LogP contribution in [-0.2, 0) is 4.79 Å². The highest BCUT2D eigenvalue weighted by Crippen LogP contribution is 2.23. The maximum Gasteiger partial charge on any atom is 0.325 e. The molecule has 0 radical (unpaired) electrons. The average molecular weight is 222 g/mol. The van der Waals surface area contributed by atoms with Crippen molar-refractivity contribution in [2.45, 2.75) is 6.04 Å². The Labute approximate surface area is 83.1 Å². The van der Waals surface area contributed by atoms with Crippen LogP contribution in [-0.4, -0.2) is 11.1 Å². The summed E-state index contributed by atoms with van der Waals surface area (Å²) >= 11 is 5.20. The molecule has 0 unspecified atom stereocenters. The largest absolute Gasteiger partial charge is 0.480 e. The van der Waals surface area contributed by atoms with Crippen LogP contribution >= 0.6 is 11.6 Å². The lowest BCUT2D eigenvalue weighted by Crippen LogP contribution is -2.21. The zero-order valence-electron chi connectivity index (χ0n) is 6.80. The molecule has 1 aromatic carbocycles. The molecular weight excluding hydrogens is 216 g/mol. The second-order valence-corrected chi connectivity index (χ2v) is 2.99. The normalized spacial score (nSPS) is 12.6. The van der Waals surface area contributed by atoms with Gasteiger partial charge >= 0.3 is 5.97 Å². The van der Waals surface area contributed by atoms with E-state index in [4.69, 9.17) is 22.4 Å². The van der Waals surface area contributed by atoms with Crippen LogP contribution in [0.15, 0.2) is 12.1 Å². The van der Waals surface area contributed by atoms with E-state index >= 15 is 0 Å². The van der Waals surface area contributed by atoms with Crippen molar-refractivity contribution >= 4 is 17.6 Å². The highest BCUT2D eigenvalue weighted by Gasteiger charge is 2.18. The van der Waals surface area contributed by atoms with Gasteiger partial charge in [-0.1, -0.05) is 11.6 Å². The number of hydrogen-bond acceptors (Lipinski definition) is 2. The fourth-order valence-corrected chi connectivity index (χ4v) is 1.01. The number of nitrogens with two attached hydrogens (primary N) is 1. The number of carboxylic acid groups (broad SMARTS) is 1. The number of carbonyl (C=O) groups is 1. The van der Waals surface area contributed by atoms with E-state index in [2.05, 4.69) is 0 Å². The highest BCUT2D eigenvalue weighted by molar-refractivity contribution is 6.30. The van der Waals surface area contributed by atoms with Crippen molar-refractivity contribution in [3.63, 3.8) is 0 Å². The van der Waals surface area contributed by atoms with Gasteiger partial charge in [0.15, 0.2) is 0 Å². The van der Waals surface area contributed by atoms with Crippen LogP contribution in [0.2, 0.25) is 5.02 Å². The summed E-state index contributed by atoms with van der Waals surface area (Å²) in [5.74, 6) is -3.43. The summed E-state index contributed by atoms with van der Waals surface area (Å²) < 4.78 is 25.7. The maximum absolute atomic E-state index is 12.8. The first-order valence-corrected chi connectivity index (χ1v) is 3.94. The van der Waals surface area contributed by atoms with Gasteiger partial charge in [-0.3, -0.25) is 4.79 Å². The number of aliphatic carboxylic acids is 1. The molecule has 0 amide bonds. The van der Waals surface area contributed by atoms with Crippen molar-refractivity contribution in [2.75, 3.05) is 0 Å². The Balaban J connectivity index is 3.19. The molecule has 1 rings (SSSR count). The van der Waals surface area contributed by atoms with Gasteiger partial charge < -0.3 is 10.8 Å². The zero-order chi connectivity index (χ0) is 10.9. The van der Waals surface area contributed by atoms with Gasteiger partial charge in [0.25, 0.3) is 0 Å². The summed E-state index contributed by atoms with van der Waals surface area (Å²) in [5.41, 5.74) is 4.98. The third kappa shape index (κ3) is 2.00. The number of carboxylic acids is 1. The van der Waals surface area contributed by atoms with Gasteiger partial charge in [0.1, 0.15) is 22.7 Å². The molecule has 0 saturated heterocycles. The minimum Gasteiger partial charge on any atom is -0.480 e. The third-order valence-corrected chi connectivity index (χ3v) is 1.99. The topological polar surface area (TPSA) is 63.3 Å². The van der Waals surface area contributed by atoms with Crippen molar-refractivity contribution in [1.29, 1.82) is 0 Å². The molecule has 0 aliphatic rings. The molecule has 3 N–H and O–H groups in total. The van der Waals surface area contributed by atoms with Crippen molar-refractivity contribution < 1.29 is 18.7 Å². The molecule has 0 aliphatic heterocycles. The second-order valence-electron chi connectivity index (χ2n) is 2.61. The molecule has 0 aliphatic carbocycles. The molecule has 0 bridgehead atoms. The standard InChI is InChI=1S/C8H6ClF2NO2/c9-6-4(10)1-3(2-5(6)11)7(12)8(13)14/h1-2,7H,12H2,(H,13,14)/t7-/m0/s1. The summed E-state index contributed by atoms with van der Waals surface area (Å²) in [6.45, 7) is 0. The highest BCUT2D eigenvalue weighted by atomic mass is 35.5. The first-order chi connectivity index (χ1) is 6.43. The van der Waals surface area contributed by atoms with Gasteiger partial charge in [0, 0.05) is 0 Å². The molecule has 3 nitrogen and oxygen atoms in total. The Kier molecular flexibility index (Phi) is 3.03. The minimum absolute atomic E-state index is 0.170. The number of rotatable bonds is 2. The zero-order valence-corrected chi connectivity index (χ0v) is 7.55. The summed E-state index contributed by atoms with van der Waals surface area (Å²) in [6, 6.07) is 0.130. The first kappa shape index (κ1) is 10.9. The molecule has 0 saturated carbocycles. The molecule has 1 atom stereocenters. The number of halogens is 3. The molecule has 0 aromatic heterocycles. The summed E-state index contributed by atoms with van der Waals surface area (Å²) in [5, 5.41) is 7.81. The molecule has 0 heterocycles. The SMILES string of the molecule is N[C@H](C(=O)O)c1cc(F)c(Cl)c(F)c1. The van der Waals surface area contributed by atoms with E-state index < -0.39 is 28.7 Å². The van der Waals surface area contributed by atoms with Gasteiger partial charge in [-0.05, 0) is 17.7 Å². The smallest absolute Gasteiger partial charge is 0.325 e. The quantitative estimate of drug-likeness (QED) is 0.748. The van der Waals surface area contributed by atoms with Crippen LogP contribution in [0.1, 0.15) is 11.6 Å². The van der Waals surface area contributed by atoms with Crippen molar-refractivity contribution in [3.05, 3.63) is 34.4 Å². The van der Waals surface area contributed by atoms with E-state index in [1.165, 1.54) is 0 Å². The van der Waals surface area contributed by atoms with E-state index in [0.29, 0.717) is 0 Å². The van der Waals surface area contributed by atoms with Gasteiger partial charge in [-0.15, -0.1) is 0 Å². The van der Waals surface area contributed by atoms with E-state index in [-0.39, 0.29) is 5.56 Å². The lowest BCUT2D eigenvalue weighted by molar-refractivity contribution is -0.138. The Morgan fingerprint density at radius 2 is 1.86 bits per heavy atom. The summed E-state index contributed by atoms with van der Waals surface area (Å²) in [6.07, 6.45) is 0. The monoisotopic (exact) mass is 221 g/mol. The molecular formula is C8H6ClF2NO2. The van der Waals surface area contributed by atoms with Crippen molar-refractivity contribution in [2.24, 2.45) is 5.73 Å². The van der Waals surface area contributed by atoms with Gasteiger partial charge in [-0.2, -0.15) is 0 Å². The van der Waals surface area contributed by atoms with Crippen LogP contribution in [0.3, 0.4) is 0 Å². The molecule has 6 heteroatoms. The maximum atomic E-state index is 12.8. The fraction of sp³-hybridized carbons (Fsp3) is 0.125. The predicted octanol–water partition coefficient (Wildman–Crippen LogP) is 1.70. The van der Waals surface area contributed by atoms with Crippen LogP contribution in [0.25, 0.3) is 0 Å². The van der Waals surface area contributed by atoms with E-state index in [1.807, 2.05) is 0 Å². The molecule has 0 fully saturated rings. The Hall–Kier alpha value is -1.20. The second kappa shape index (κ2) is 3.89. The lowest BCUT2D eigenvalue weighted by atomic mass is 10.1. The Bertz CT molecular complexity index is 361. The van der Waals surface area contributed by atoms with Gasteiger partial charge in [0.2, 0.25) is 0 Å². The molecule has 0 spiro atoms.